The highest BCUT2D eigenvalue weighted by molar-refractivity contribution is 5.94. The highest BCUT2D eigenvalue weighted by atomic mass is 16.2. The van der Waals surface area contributed by atoms with Crippen LogP contribution < -0.4 is 10.6 Å². The van der Waals surface area contributed by atoms with Crippen molar-refractivity contribution < 1.29 is 4.79 Å². The number of amides is 1. The zero-order valence-corrected chi connectivity index (χ0v) is 15.1. The van der Waals surface area contributed by atoms with Crippen molar-refractivity contribution in [3.05, 3.63) is 102 Å². The average molecular weight is 355 g/mol. The molecule has 134 valence electrons. The van der Waals surface area contributed by atoms with Crippen LogP contribution in [0.3, 0.4) is 0 Å². The molecule has 0 aliphatic heterocycles. The van der Waals surface area contributed by atoms with Crippen LogP contribution in [0.4, 0.5) is 5.69 Å². The molecular weight excluding hydrogens is 334 g/mol. The van der Waals surface area contributed by atoms with Gasteiger partial charge in [0.05, 0.1) is 23.7 Å². The number of carbonyl (C=O) groups excluding carboxylic acids is 1. The highest BCUT2D eigenvalue weighted by Crippen LogP contribution is 2.22. The molecule has 0 radical (unpaired) electrons. The van der Waals surface area contributed by atoms with Gasteiger partial charge >= 0.3 is 0 Å². The minimum Gasteiger partial charge on any atom is -0.325 e. The van der Waals surface area contributed by atoms with Crippen molar-refractivity contribution in [2.75, 3.05) is 5.32 Å². The number of nitrogens with one attached hydrogen (secondary N) is 2. The summed E-state index contributed by atoms with van der Waals surface area (Å²) in [6.45, 7) is 1.84. The molecule has 3 aromatic rings. The smallest absolute Gasteiger partial charge is 0.241 e. The van der Waals surface area contributed by atoms with Gasteiger partial charge in [-0.25, -0.2) is 0 Å². The molecule has 0 fully saturated rings. The molecule has 0 bridgehead atoms. The topological polar surface area (TPSA) is 64.9 Å². The quantitative estimate of drug-likeness (QED) is 0.694. The monoisotopic (exact) mass is 355 g/mol. The molecule has 1 atom stereocenters. The Labute approximate surface area is 159 Å². The lowest BCUT2D eigenvalue weighted by Gasteiger charge is -2.24. The van der Waals surface area contributed by atoms with Crippen LogP contribution >= 0.6 is 0 Å². The van der Waals surface area contributed by atoms with Gasteiger partial charge in [0, 0.05) is 5.69 Å². The summed E-state index contributed by atoms with van der Waals surface area (Å²) in [5.41, 5.74) is 3.31. The predicted molar refractivity (Wildman–Crippen MR) is 107 cm³/mol. The molecule has 1 amide bonds. The average Bonchev–Trinajstić information content (AvgIpc) is 2.73. The Balaban J connectivity index is 1.77. The zero-order chi connectivity index (χ0) is 19.1. The van der Waals surface area contributed by atoms with E-state index in [2.05, 4.69) is 16.7 Å². The lowest BCUT2D eigenvalue weighted by Crippen LogP contribution is -2.40. The fourth-order valence-electron chi connectivity index (χ4n) is 2.92. The van der Waals surface area contributed by atoms with Crippen LogP contribution in [-0.4, -0.2) is 11.9 Å². The summed E-state index contributed by atoms with van der Waals surface area (Å²) in [6.07, 6.45) is 0. The molecule has 4 heteroatoms. The summed E-state index contributed by atoms with van der Waals surface area (Å²) in [6, 6.07) is 28.6. The van der Waals surface area contributed by atoms with E-state index in [0.29, 0.717) is 11.3 Å². The summed E-state index contributed by atoms with van der Waals surface area (Å²) < 4.78 is 0. The van der Waals surface area contributed by atoms with E-state index in [1.165, 1.54) is 0 Å². The first-order chi connectivity index (χ1) is 13.2. The van der Waals surface area contributed by atoms with Gasteiger partial charge in [-0.2, -0.15) is 5.26 Å². The third-order valence-electron chi connectivity index (χ3n) is 4.33. The van der Waals surface area contributed by atoms with E-state index in [4.69, 9.17) is 5.26 Å². The van der Waals surface area contributed by atoms with E-state index in [9.17, 15) is 4.79 Å². The lowest BCUT2D eigenvalue weighted by molar-refractivity contribution is -0.117. The second-order valence-electron chi connectivity index (χ2n) is 6.32. The SMILES string of the molecule is C[C@H](NC(c1ccccc1)c1ccccc1)C(=O)Nc1cccc(C#N)c1. The van der Waals surface area contributed by atoms with Crippen LogP contribution in [0.5, 0.6) is 0 Å². The first-order valence-electron chi connectivity index (χ1n) is 8.84. The van der Waals surface area contributed by atoms with Crippen LogP contribution in [0.1, 0.15) is 29.7 Å². The Morgan fingerprint density at radius 1 is 0.889 bits per heavy atom. The molecular formula is C23H21N3O. The number of carbonyl (C=O) groups is 1. The molecule has 0 aromatic heterocycles. The van der Waals surface area contributed by atoms with Gasteiger partial charge in [-0.3, -0.25) is 10.1 Å². The highest BCUT2D eigenvalue weighted by Gasteiger charge is 2.20. The Bertz CT molecular complexity index is 893. The molecule has 3 rings (SSSR count). The van der Waals surface area contributed by atoms with Crippen molar-refractivity contribution in [1.82, 2.24) is 5.32 Å². The van der Waals surface area contributed by atoms with Gasteiger partial charge in [-0.05, 0) is 36.2 Å². The van der Waals surface area contributed by atoms with Crippen LogP contribution in [0.2, 0.25) is 0 Å². The van der Waals surface area contributed by atoms with Crippen molar-refractivity contribution in [3.63, 3.8) is 0 Å². The molecule has 0 aliphatic rings. The van der Waals surface area contributed by atoms with E-state index in [0.717, 1.165) is 11.1 Å². The van der Waals surface area contributed by atoms with Crippen LogP contribution in [0.25, 0.3) is 0 Å². The van der Waals surface area contributed by atoms with Crippen LogP contribution in [-0.2, 0) is 4.79 Å². The molecule has 0 saturated carbocycles. The van der Waals surface area contributed by atoms with Crippen molar-refractivity contribution >= 4 is 11.6 Å². The molecule has 0 aliphatic carbocycles. The minimum absolute atomic E-state index is 0.0985. The number of anilines is 1. The standard InChI is InChI=1S/C23H21N3O/c1-17(23(27)26-21-14-8-9-18(15-21)16-24)25-22(19-10-4-2-5-11-19)20-12-6-3-7-13-20/h2-15,17,22,25H,1H3,(H,26,27)/t17-/m0/s1. The first-order valence-corrected chi connectivity index (χ1v) is 8.84. The second kappa shape index (κ2) is 8.79. The first kappa shape index (κ1) is 18.4. The number of rotatable bonds is 6. The lowest BCUT2D eigenvalue weighted by atomic mass is 9.98. The molecule has 3 aromatic carbocycles. The fourth-order valence-corrected chi connectivity index (χ4v) is 2.92. The molecule has 2 N–H and O–H groups in total. The van der Waals surface area contributed by atoms with Crippen LogP contribution in [0.15, 0.2) is 84.9 Å². The fraction of sp³-hybridized carbons (Fsp3) is 0.130. The van der Waals surface area contributed by atoms with Crippen molar-refractivity contribution in [2.45, 2.75) is 19.0 Å². The second-order valence-corrected chi connectivity index (χ2v) is 6.32. The Kier molecular flexibility index (Phi) is 5.98. The van der Waals surface area contributed by atoms with E-state index >= 15 is 0 Å². The summed E-state index contributed by atoms with van der Waals surface area (Å²) in [7, 11) is 0. The number of nitriles is 1. The van der Waals surface area contributed by atoms with Gasteiger partial charge in [-0.1, -0.05) is 66.7 Å². The van der Waals surface area contributed by atoms with Gasteiger partial charge in [0.1, 0.15) is 0 Å². The third kappa shape index (κ3) is 4.81. The summed E-state index contributed by atoms with van der Waals surface area (Å²) >= 11 is 0. The van der Waals surface area contributed by atoms with Crippen molar-refractivity contribution in [1.29, 1.82) is 5.26 Å². The van der Waals surface area contributed by atoms with Crippen molar-refractivity contribution in [2.24, 2.45) is 0 Å². The normalized spacial score (nSPS) is 11.6. The summed E-state index contributed by atoms with van der Waals surface area (Å²) in [5.74, 6) is -0.151. The number of hydrogen-bond acceptors (Lipinski definition) is 3. The number of benzene rings is 3. The van der Waals surface area contributed by atoms with E-state index in [1.807, 2.05) is 67.6 Å². The maximum Gasteiger partial charge on any atom is 0.241 e. The molecule has 0 saturated heterocycles. The molecule has 0 spiro atoms. The Morgan fingerprint density at radius 3 is 2.04 bits per heavy atom. The maximum absolute atomic E-state index is 12.7. The maximum atomic E-state index is 12.7. The Morgan fingerprint density at radius 2 is 1.48 bits per heavy atom. The van der Waals surface area contributed by atoms with E-state index in [1.54, 1.807) is 24.3 Å². The Hall–Kier alpha value is -3.42. The third-order valence-corrected chi connectivity index (χ3v) is 4.33. The molecule has 27 heavy (non-hydrogen) atoms. The molecule has 0 heterocycles. The number of hydrogen-bond donors (Lipinski definition) is 2. The van der Waals surface area contributed by atoms with Gasteiger partial charge in [0.15, 0.2) is 0 Å². The molecule has 0 unspecified atom stereocenters. The van der Waals surface area contributed by atoms with Gasteiger partial charge in [-0.15, -0.1) is 0 Å². The van der Waals surface area contributed by atoms with Crippen LogP contribution in [0, 0.1) is 11.3 Å². The zero-order valence-electron chi connectivity index (χ0n) is 15.1. The van der Waals surface area contributed by atoms with Gasteiger partial charge in [0.2, 0.25) is 5.91 Å². The summed E-state index contributed by atoms with van der Waals surface area (Å²) in [5, 5.41) is 15.3. The molecule has 4 nitrogen and oxygen atoms in total. The van der Waals surface area contributed by atoms with E-state index in [-0.39, 0.29) is 11.9 Å². The van der Waals surface area contributed by atoms with Gasteiger partial charge in [0.25, 0.3) is 0 Å². The largest absolute Gasteiger partial charge is 0.325 e. The van der Waals surface area contributed by atoms with E-state index < -0.39 is 6.04 Å². The number of nitrogens with zero attached hydrogens (tertiary/aromatic N) is 1. The van der Waals surface area contributed by atoms with Crippen molar-refractivity contribution in [3.8, 4) is 6.07 Å². The predicted octanol–water partition coefficient (Wildman–Crippen LogP) is 4.26. The minimum atomic E-state index is -0.429. The summed E-state index contributed by atoms with van der Waals surface area (Å²) in [4.78, 5) is 12.7. The van der Waals surface area contributed by atoms with Gasteiger partial charge < -0.3 is 5.32 Å².